The first-order valence-corrected chi connectivity index (χ1v) is 11.1. The van der Waals surface area contributed by atoms with Crippen LogP contribution >= 0.6 is 0 Å². The fourth-order valence-corrected chi connectivity index (χ4v) is 4.57. The van der Waals surface area contributed by atoms with E-state index in [1.54, 1.807) is 0 Å². The van der Waals surface area contributed by atoms with E-state index in [0.717, 1.165) is 29.9 Å². The van der Waals surface area contributed by atoms with E-state index in [0.29, 0.717) is 23.5 Å². The molecule has 1 nitrogen and oxygen atoms in total. The standard InChI is InChI=1S/C26H33FO/c1-3-5-6-8-19-11-13-20(14-12-19)23-9-7-10-24(26(23)27)21-15-17-22(18-16-21)25(28)4-2/h7,9-10,15-20H,3-6,8,11-14H2,1-2H3/t19-,20-. The largest absolute Gasteiger partial charge is 0.294 e. The van der Waals surface area contributed by atoms with E-state index < -0.39 is 0 Å². The number of hydrogen-bond acceptors (Lipinski definition) is 1. The lowest BCUT2D eigenvalue weighted by Gasteiger charge is -2.29. The molecule has 0 bridgehead atoms. The van der Waals surface area contributed by atoms with Gasteiger partial charge in [0.2, 0.25) is 0 Å². The Morgan fingerprint density at radius 3 is 2.32 bits per heavy atom. The summed E-state index contributed by atoms with van der Waals surface area (Å²) in [6.07, 6.45) is 10.4. The van der Waals surface area contributed by atoms with Crippen LogP contribution in [0, 0.1) is 11.7 Å². The van der Waals surface area contributed by atoms with E-state index in [9.17, 15) is 4.79 Å². The SMILES string of the molecule is CCCCC[C@H]1CC[C@H](c2cccc(-c3ccc(C(=O)CC)cc3)c2F)CC1. The third-order valence-electron chi connectivity index (χ3n) is 6.37. The molecule has 1 fully saturated rings. The van der Waals surface area contributed by atoms with Crippen LogP contribution < -0.4 is 0 Å². The Labute approximate surface area is 169 Å². The molecule has 0 amide bonds. The lowest BCUT2D eigenvalue weighted by molar-refractivity contribution is 0.0988. The van der Waals surface area contributed by atoms with Crippen LogP contribution in [0.1, 0.15) is 93.5 Å². The molecular formula is C26H33FO. The molecule has 28 heavy (non-hydrogen) atoms. The summed E-state index contributed by atoms with van der Waals surface area (Å²) in [7, 11) is 0. The first-order chi connectivity index (χ1) is 13.6. The van der Waals surface area contributed by atoms with Crippen LogP contribution in [0.5, 0.6) is 0 Å². The number of benzene rings is 2. The highest BCUT2D eigenvalue weighted by Gasteiger charge is 2.25. The Kier molecular flexibility index (Phi) is 7.42. The minimum absolute atomic E-state index is 0.0773. The summed E-state index contributed by atoms with van der Waals surface area (Å²) in [4.78, 5) is 11.8. The molecule has 0 atom stereocenters. The van der Waals surface area contributed by atoms with Crippen LogP contribution in [-0.2, 0) is 0 Å². The summed E-state index contributed by atoms with van der Waals surface area (Å²) in [5.74, 6) is 1.21. The molecule has 0 saturated heterocycles. The molecule has 2 aromatic rings. The van der Waals surface area contributed by atoms with Gasteiger partial charge in [-0.1, -0.05) is 82.0 Å². The monoisotopic (exact) mass is 380 g/mol. The van der Waals surface area contributed by atoms with E-state index in [-0.39, 0.29) is 11.6 Å². The van der Waals surface area contributed by atoms with Crippen molar-refractivity contribution in [1.29, 1.82) is 0 Å². The minimum atomic E-state index is -0.0773. The third kappa shape index (κ3) is 4.90. The van der Waals surface area contributed by atoms with Gasteiger partial charge in [-0.05, 0) is 48.6 Å². The fourth-order valence-electron chi connectivity index (χ4n) is 4.57. The lowest BCUT2D eigenvalue weighted by Crippen LogP contribution is -2.14. The fraction of sp³-hybridized carbons (Fsp3) is 0.500. The van der Waals surface area contributed by atoms with E-state index in [1.807, 2.05) is 49.4 Å². The zero-order chi connectivity index (χ0) is 19.9. The zero-order valence-electron chi connectivity index (χ0n) is 17.3. The van der Waals surface area contributed by atoms with Crippen molar-refractivity contribution in [2.75, 3.05) is 0 Å². The molecule has 0 aromatic heterocycles. The summed E-state index contributed by atoms with van der Waals surface area (Å²) in [5, 5.41) is 0. The molecule has 0 unspecified atom stereocenters. The second-order valence-corrected chi connectivity index (χ2v) is 8.28. The topological polar surface area (TPSA) is 17.1 Å². The summed E-state index contributed by atoms with van der Waals surface area (Å²) in [6.45, 7) is 4.11. The molecule has 0 aliphatic heterocycles. The maximum atomic E-state index is 15.3. The van der Waals surface area contributed by atoms with Crippen LogP contribution in [0.25, 0.3) is 11.1 Å². The Morgan fingerprint density at radius 2 is 1.68 bits per heavy atom. The van der Waals surface area contributed by atoms with Crippen LogP contribution in [0.4, 0.5) is 4.39 Å². The van der Waals surface area contributed by atoms with Crippen molar-refractivity contribution in [3.8, 4) is 11.1 Å². The lowest BCUT2D eigenvalue weighted by atomic mass is 9.76. The van der Waals surface area contributed by atoms with Gasteiger partial charge in [-0.2, -0.15) is 0 Å². The first-order valence-electron chi connectivity index (χ1n) is 11.1. The number of carbonyl (C=O) groups is 1. The van der Waals surface area contributed by atoms with E-state index in [4.69, 9.17) is 0 Å². The number of unbranched alkanes of at least 4 members (excludes halogenated alkanes) is 2. The van der Waals surface area contributed by atoms with Crippen molar-refractivity contribution in [3.63, 3.8) is 0 Å². The van der Waals surface area contributed by atoms with Crippen molar-refractivity contribution in [2.45, 2.75) is 77.6 Å². The maximum absolute atomic E-state index is 15.3. The second-order valence-electron chi connectivity index (χ2n) is 8.28. The van der Waals surface area contributed by atoms with Crippen molar-refractivity contribution >= 4 is 5.78 Å². The van der Waals surface area contributed by atoms with Gasteiger partial charge in [0.15, 0.2) is 5.78 Å². The van der Waals surface area contributed by atoms with Gasteiger partial charge < -0.3 is 0 Å². The molecule has 2 heteroatoms. The number of rotatable bonds is 8. The van der Waals surface area contributed by atoms with Crippen molar-refractivity contribution in [2.24, 2.45) is 5.92 Å². The smallest absolute Gasteiger partial charge is 0.162 e. The molecule has 0 radical (unpaired) electrons. The van der Waals surface area contributed by atoms with E-state index in [2.05, 4.69) is 6.92 Å². The van der Waals surface area contributed by atoms with Gasteiger partial charge in [0.05, 0.1) is 0 Å². The summed E-state index contributed by atoms with van der Waals surface area (Å²) in [6, 6.07) is 13.2. The van der Waals surface area contributed by atoms with E-state index >= 15 is 4.39 Å². The minimum Gasteiger partial charge on any atom is -0.294 e. The number of Topliss-reactive ketones (excluding diaryl/α,β-unsaturated/α-hetero) is 1. The molecule has 1 aliphatic rings. The van der Waals surface area contributed by atoms with Crippen molar-refractivity contribution in [1.82, 2.24) is 0 Å². The summed E-state index contributed by atoms with van der Waals surface area (Å²) >= 11 is 0. The second kappa shape index (κ2) is 10.0. The molecule has 0 spiro atoms. The molecule has 3 rings (SSSR count). The normalized spacial score (nSPS) is 19.5. The number of ketones is 1. The Hall–Kier alpha value is -1.96. The van der Waals surface area contributed by atoms with Crippen LogP contribution in [0.3, 0.4) is 0 Å². The van der Waals surface area contributed by atoms with Gasteiger partial charge in [-0.25, -0.2) is 4.39 Å². The quantitative estimate of drug-likeness (QED) is 0.335. The predicted octanol–water partition coefficient (Wildman–Crippen LogP) is 7.94. The average molecular weight is 381 g/mol. The molecule has 2 aromatic carbocycles. The highest BCUT2D eigenvalue weighted by Crippen LogP contribution is 2.40. The summed E-state index contributed by atoms with van der Waals surface area (Å²) in [5.41, 5.74) is 3.07. The molecule has 150 valence electrons. The van der Waals surface area contributed by atoms with Gasteiger partial charge in [0.1, 0.15) is 5.82 Å². The van der Waals surface area contributed by atoms with Gasteiger partial charge in [-0.15, -0.1) is 0 Å². The average Bonchev–Trinajstić information content (AvgIpc) is 2.74. The predicted molar refractivity (Wildman–Crippen MR) is 115 cm³/mol. The van der Waals surface area contributed by atoms with Gasteiger partial charge >= 0.3 is 0 Å². The maximum Gasteiger partial charge on any atom is 0.162 e. The third-order valence-corrected chi connectivity index (χ3v) is 6.37. The number of halogens is 1. The molecule has 1 aliphatic carbocycles. The zero-order valence-corrected chi connectivity index (χ0v) is 17.3. The highest BCUT2D eigenvalue weighted by atomic mass is 19.1. The van der Waals surface area contributed by atoms with E-state index in [1.165, 1.54) is 38.5 Å². The van der Waals surface area contributed by atoms with Crippen LogP contribution in [0.2, 0.25) is 0 Å². The van der Waals surface area contributed by atoms with Crippen molar-refractivity contribution in [3.05, 3.63) is 59.4 Å². The molecular weight excluding hydrogens is 347 g/mol. The van der Waals surface area contributed by atoms with Gasteiger partial charge in [0.25, 0.3) is 0 Å². The van der Waals surface area contributed by atoms with Crippen molar-refractivity contribution < 1.29 is 9.18 Å². The van der Waals surface area contributed by atoms with Crippen LogP contribution in [0.15, 0.2) is 42.5 Å². The highest BCUT2D eigenvalue weighted by molar-refractivity contribution is 5.96. The Balaban J connectivity index is 1.71. The Bertz CT molecular complexity index is 770. The molecule has 1 saturated carbocycles. The number of carbonyl (C=O) groups excluding carboxylic acids is 1. The van der Waals surface area contributed by atoms with Gasteiger partial charge in [-0.3, -0.25) is 4.79 Å². The number of hydrogen-bond donors (Lipinski definition) is 0. The van der Waals surface area contributed by atoms with Gasteiger partial charge in [0, 0.05) is 17.5 Å². The van der Waals surface area contributed by atoms with Crippen LogP contribution in [-0.4, -0.2) is 5.78 Å². The molecule has 0 N–H and O–H groups in total. The molecule has 0 heterocycles. The Morgan fingerprint density at radius 1 is 0.964 bits per heavy atom. The first kappa shape index (κ1) is 20.8. The summed E-state index contributed by atoms with van der Waals surface area (Å²) < 4.78 is 15.3.